The summed E-state index contributed by atoms with van der Waals surface area (Å²) in [6, 6.07) is 11.5. The van der Waals surface area contributed by atoms with Crippen molar-refractivity contribution in [2.75, 3.05) is 26.2 Å². The van der Waals surface area contributed by atoms with Gasteiger partial charge in [-0.05, 0) is 35.4 Å². The Labute approximate surface area is 156 Å². The van der Waals surface area contributed by atoms with Crippen molar-refractivity contribution in [2.24, 2.45) is 0 Å². The van der Waals surface area contributed by atoms with E-state index in [-0.39, 0.29) is 12.5 Å². The van der Waals surface area contributed by atoms with Crippen molar-refractivity contribution in [2.45, 2.75) is 13.2 Å². The Morgan fingerprint density at radius 1 is 1.20 bits per heavy atom. The van der Waals surface area contributed by atoms with Crippen LogP contribution < -0.4 is 0 Å². The molecule has 1 aromatic heterocycles. The number of hydrogen-bond acceptors (Lipinski definition) is 4. The summed E-state index contributed by atoms with van der Waals surface area (Å²) >= 11 is 7.58. The Morgan fingerprint density at radius 2 is 2.00 bits per heavy atom. The second kappa shape index (κ2) is 8.63. The van der Waals surface area contributed by atoms with Crippen LogP contribution in [0.3, 0.4) is 0 Å². The smallest absolute Gasteiger partial charge is 0.246 e. The van der Waals surface area contributed by atoms with Crippen molar-refractivity contribution in [3.63, 3.8) is 0 Å². The van der Waals surface area contributed by atoms with Crippen LogP contribution >= 0.6 is 22.9 Å². The summed E-state index contributed by atoms with van der Waals surface area (Å²) in [5, 5.41) is 9.16. The minimum atomic E-state index is 0.00698. The SMILES string of the molecule is O=C(C=Cc1cccc(CO)c1)N1CCN(Cc2ccc(Cl)s2)CC1. The van der Waals surface area contributed by atoms with Crippen LogP contribution in [0.15, 0.2) is 42.5 Å². The summed E-state index contributed by atoms with van der Waals surface area (Å²) in [5.41, 5.74) is 1.77. The third-order valence-corrected chi connectivity index (χ3v) is 5.46. The highest BCUT2D eigenvalue weighted by Gasteiger charge is 2.19. The average molecular weight is 377 g/mol. The Bertz CT molecular complexity index is 751. The van der Waals surface area contributed by atoms with Crippen molar-refractivity contribution in [3.05, 3.63) is 62.8 Å². The summed E-state index contributed by atoms with van der Waals surface area (Å²) in [7, 11) is 0. The fraction of sp³-hybridized carbons (Fsp3) is 0.316. The van der Waals surface area contributed by atoms with E-state index in [0.29, 0.717) is 0 Å². The highest BCUT2D eigenvalue weighted by Crippen LogP contribution is 2.23. The number of halogens is 1. The van der Waals surface area contributed by atoms with Gasteiger partial charge in [0, 0.05) is 43.7 Å². The summed E-state index contributed by atoms with van der Waals surface area (Å²) < 4.78 is 0.819. The van der Waals surface area contributed by atoms with Gasteiger partial charge in [0.1, 0.15) is 0 Å². The third-order valence-electron chi connectivity index (χ3n) is 4.24. The van der Waals surface area contributed by atoms with Crippen molar-refractivity contribution < 1.29 is 9.90 Å². The van der Waals surface area contributed by atoms with Gasteiger partial charge in [0.15, 0.2) is 0 Å². The van der Waals surface area contributed by atoms with E-state index in [2.05, 4.69) is 11.0 Å². The molecule has 1 fully saturated rings. The lowest BCUT2D eigenvalue weighted by Gasteiger charge is -2.33. The first kappa shape index (κ1) is 18.1. The first-order chi connectivity index (χ1) is 12.1. The van der Waals surface area contributed by atoms with Gasteiger partial charge in [0.25, 0.3) is 0 Å². The van der Waals surface area contributed by atoms with Crippen LogP contribution in [-0.2, 0) is 17.9 Å². The Kier molecular flexibility index (Phi) is 6.26. The van der Waals surface area contributed by atoms with Gasteiger partial charge in [0.2, 0.25) is 5.91 Å². The number of benzene rings is 1. The van der Waals surface area contributed by atoms with Crippen LogP contribution in [0.25, 0.3) is 6.08 Å². The molecule has 132 valence electrons. The number of thiophene rings is 1. The van der Waals surface area contributed by atoms with Crippen molar-refractivity contribution in [1.29, 1.82) is 0 Å². The first-order valence-electron chi connectivity index (χ1n) is 8.27. The summed E-state index contributed by atoms with van der Waals surface area (Å²) in [5.74, 6) is 0.0354. The van der Waals surface area contributed by atoms with E-state index in [1.54, 1.807) is 17.4 Å². The van der Waals surface area contributed by atoms with Crippen LogP contribution in [-0.4, -0.2) is 47.0 Å². The van der Waals surface area contributed by atoms with E-state index in [1.165, 1.54) is 4.88 Å². The maximum Gasteiger partial charge on any atom is 0.246 e. The molecule has 2 aromatic rings. The Hall–Kier alpha value is -1.66. The van der Waals surface area contributed by atoms with Gasteiger partial charge in [0.05, 0.1) is 10.9 Å². The number of amides is 1. The molecule has 0 spiro atoms. The first-order valence-corrected chi connectivity index (χ1v) is 9.47. The molecule has 0 atom stereocenters. The Balaban J connectivity index is 1.50. The quantitative estimate of drug-likeness (QED) is 0.814. The Morgan fingerprint density at radius 3 is 2.68 bits per heavy atom. The van der Waals surface area contributed by atoms with Gasteiger partial charge in [-0.2, -0.15) is 0 Å². The lowest BCUT2D eigenvalue weighted by molar-refractivity contribution is -0.127. The van der Waals surface area contributed by atoms with E-state index in [0.717, 1.165) is 48.2 Å². The predicted molar refractivity (Wildman–Crippen MR) is 103 cm³/mol. The molecular weight excluding hydrogens is 356 g/mol. The molecule has 0 unspecified atom stereocenters. The molecule has 0 bridgehead atoms. The maximum atomic E-state index is 12.4. The zero-order valence-electron chi connectivity index (χ0n) is 13.9. The number of carbonyl (C=O) groups excluding carboxylic acids is 1. The summed E-state index contributed by atoms with van der Waals surface area (Å²) in [6.07, 6.45) is 3.42. The van der Waals surface area contributed by atoms with E-state index in [9.17, 15) is 4.79 Å². The molecule has 1 aliphatic rings. The number of carbonyl (C=O) groups is 1. The molecule has 1 saturated heterocycles. The highest BCUT2D eigenvalue weighted by molar-refractivity contribution is 7.16. The molecule has 25 heavy (non-hydrogen) atoms. The highest BCUT2D eigenvalue weighted by atomic mass is 35.5. The summed E-state index contributed by atoms with van der Waals surface area (Å²) in [4.78, 5) is 17.8. The van der Waals surface area contributed by atoms with Crippen molar-refractivity contribution >= 4 is 34.9 Å². The largest absolute Gasteiger partial charge is 0.392 e. The zero-order valence-corrected chi connectivity index (χ0v) is 15.5. The van der Waals surface area contributed by atoms with E-state index < -0.39 is 0 Å². The average Bonchev–Trinajstić information content (AvgIpc) is 3.05. The molecule has 1 aliphatic heterocycles. The fourth-order valence-corrected chi connectivity index (χ4v) is 3.98. The molecule has 4 nitrogen and oxygen atoms in total. The number of nitrogens with zero attached hydrogens (tertiary/aromatic N) is 2. The van der Waals surface area contributed by atoms with Crippen molar-refractivity contribution in [1.82, 2.24) is 9.80 Å². The molecule has 3 rings (SSSR count). The molecule has 1 aromatic carbocycles. The van der Waals surface area contributed by atoms with E-state index in [4.69, 9.17) is 16.7 Å². The topological polar surface area (TPSA) is 43.8 Å². The minimum Gasteiger partial charge on any atom is -0.392 e. The monoisotopic (exact) mass is 376 g/mol. The van der Waals surface area contributed by atoms with E-state index >= 15 is 0 Å². The number of aliphatic hydroxyl groups is 1. The number of piperazine rings is 1. The zero-order chi connectivity index (χ0) is 17.6. The van der Waals surface area contributed by atoms with Gasteiger partial charge < -0.3 is 10.0 Å². The maximum absolute atomic E-state index is 12.4. The van der Waals surface area contributed by atoms with Gasteiger partial charge >= 0.3 is 0 Å². The summed E-state index contributed by atoms with van der Waals surface area (Å²) in [6.45, 7) is 4.11. The molecule has 0 aliphatic carbocycles. The lowest BCUT2D eigenvalue weighted by atomic mass is 10.1. The molecule has 1 amide bonds. The predicted octanol–water partition coefficient (Wildman–Crippen LogP) is 3.25. The standard InChI is InChI=1S/C19H21ClN2O2S/c20-18-6-5-17(25-18)13-21-8-10-22(11-9-21)19(24)7-4-15-2-1-3-16(12-15)14-23/h1-7,12,23H,8-11,13-14H2. The van der Waals surface area contributed by atoms with E-state index in [1.807, 2.05) is 41.3 Å². The molecule has 0 radical (unpaired) electrons. The fourth-order valence-electron chi connectivity index (χ4n) is 2.85. The molecule has 6 heteroatoms. The van der Waals surface area contributed by atoms with Crippen LogP contribution in [0.2, 0.25) is 4.34 Å². The van der Waals surface area contributed by atoms with Gasteiger partial charge in [-0.25, -0.2) is 0 Å². The molecular formula is C19H21ClN2O2S. The van der Waals surface area contributed by atoms with Gasteiger partial charge in [-0.1, -0.05) is 29.8 Å². The molecule has 1 N–H and O–H groups in total. The minimum absolute atomic E-state index is 0.00698. The van der Waals surface area contributed by atoms with Crippen LogP contribution in [0.1, 0.15) is 16.0 Å². The van der Waals surface area contributed by atoms with Gasteiger partial charge in [-0.15, -0.1) is 11.3 Å². The second-order valence-electron chi connectivity index (χ2n) is 6.04. The van der Waals surface area contributed by atoms with Crippen molar-refractivity contribution in [3.8, 4) is 0 Å². The molecule has 2 heterocycles. The molecule has 0 saturated carbocycles. The third kappa shape index (κ3) is 5.16. The van der Waals surface area contributed by atoms with Crippen LogP contribution in [0, 0.1) is 0 Å². The second-order valence-corrected chi connectivity index (χ2v) is 7.84. The lowest BCUT2D eigenvalue weighted by Crippen LogP contribution is -2.47. The number of aliphatic hydroxyl groups excluding tert-OH is 1. The van der Waals surface area contributed by atoms with Crippen LogP contribution in [0.5, 0.6) is 0 Å². The van der Waals surface area contributed by atoms with Crippen LogP contribution in [0.4, 0.5) is 0 Å². The number of rotatable bonds is 5. The normalized spacial score (nSPS) is 15.8. The number of hydrogen-bond donors (Lipinski definition) is 1. The van der Waals surface area contributed by atoms with Gasteiger partial charge in [-0.3, -0.25) is 9.69 Å².